The van der Waals surface area contributed by atoms with E-state index in [-0.39, 0.29) is 103 Å². The Kier molecular flexibility index (Phi) is 42.2. The normalized spacial score (nSPS) is 10.3. The number of unbranched alkanes of at least 4 members (excludes halogenated alkanes) is 2. The van der Waals surface area contributed by atoms with Gasteiger partial charge < -0.3 is 19.7 Å². The molecule has 0 spiro atoms. The Balaban J connectivity index is 0.00000124. The van der Waals surface area contributed by atoms with Gasteiger partial charge in [-0.3, -0.25) is 58.4 Å². The summed E-state index contributed by atoms with van der Waals surface area (Å²) in [6, 6.07) is 36.2. The summed E-state index contributed by atoms with van der Waals surface area (Å²) in [7, 11) is -8.17. The molecule has 0 fully saturated rings. The van der Waals surface area contributed by atoms with Crippen molar-refractivity contribution in [3.8, 4) is 0 Å². The fraction of sp³-hybridized carbons (Fsp3) is 0.355. The van der Waals surface area contributed by atoms with Crippen molar-refractivity contribution >= 4 is 83.2 Å². The number of aliphatic hydroxyl groups excluding tert-OH is 2. The monoisotopic (exact) mass is 1400 g/mol. The van der Waals surface area contributed by atoms with E-state index in [0.717, 1.165) is 27.6 Å². The minimum Gasteiger partial charge on any atom is -0.465 e. The number of aryl methyl sites for hydroxylation is 2. The summed E-state index contributed by atoms with van der Waals surface area (Å²) in [5.74, 6) is -3.27. The number of non-ortho nitro benzene ring substituents is 4. The molecule has 0 aromatic heterocycles. The van der Waals surface area contributed by atoms with Gasteiger partial charge in [-0.15, -0.1) is 0 Å². The molecule has 31 heteroatoms. The van der Waals surface area contributed by atoms with Crippen LogP contribution in [0, 0.1) is 72.1 Å². The van der Waals surface area contributed by atoms with E-state index in [9.17, 15) is 66.9 Å². The summed E-state index contributed by atoms with van der Waals surface area (Å²) in [6.45, 7) is 10.8. The van der Waals surface area contributed by atoms with Crippen molar-refractivity contribution in [1.29, 1.82) is 0 Å². The van der Waals surface area contributed by atoms with Gasteiger partial charge in [0, 0.05) is 78.9 Å². The van der Waals surface area contributed by atoms with E-state index in [1.807, 2.05) is 13.8 Å². The molecular formula is C62H73BrN4O24S2. The summed E-state index contributed by atoms with van der Waals surface area (Å²) in [5.41, 5.74) is 4.95. The van der Waals surface area contributed by atoms with Gasteiger partial charge in [-0.25, -0.2) is 0 Å². The molecule has 6 aromatic carbocycles. The predicted octanol–water partition coefficient (Wildman–Crippen LogP) is 10.3. The summed E-state index contributed by atoms with van der Waals surface area (Å²) >= 11 is 3.25. The molecule has 0 saturated carbocycles. The average molecular weight is 1400 g/mol. The van der Waals surface area contributed by atoms with Crippen LogP contribution in [-0.4, -0.2) is 111 Å². The minimum atomic E-state index is -4.09. The topological polar surface area (TPSA) is 421 Å². The second-order valence-electron chi connectivity index (χ2n) is 19.2. The minimum absolute atomic E-state index is 0.0228. The van der Waals surface area contributed by atoms with Crippen LogP contribution < -0.4 is 0 Å². The van der Waals surface area contributed by atoms with Crippen molar-refractivity contribution in [2.75, 3.05) is 39.6 Å². The fourth-order valence-electron chi connectivity index (χ4n) is 7.24. The number of nitro benzene ring substituents is 4. The van der Waals surface area contributed by atoms with Gasteiger partial charge in [-0.1, -0.05) is 133 Å². The lowest BCUT2D eigenvalue weighted by molar-refractivity contribution is -0.385. The number of benzene rings is 6. The molecule has 2 N–H and O–H groups in total. The second kappa shape index (κ2) is 46.8. The second-order valence-corrected chi connectivity index (χ2v) is 23.0. The Labute approximate surface area is 545 Å². The van der Waals surface area contributed by atoms with Crippen LogP contribution in [0.4, 0.5) is 22.7 Å². The number of nitro groups is 4. The number of aliphatic hydroxyl groups is 2. The van der Waals surface area contributed by atoms with Crippen LogP contribution >= 0.6 is 15.9 Å². The number of hydrogen-bond acceptors (Lipinski definition) is 24. The first-order valence-electron chi connectivity index (χ1n) is 28.1. The maximum Gasteiger partial charge on any atom is 0.373 e. The average Bonchev–Trinajstić information content (AvgIpc) is 1.07. The van der Waals surface area contributed by atoms with Crippen molar-refractivity contribution in [3.63, 3.8) is 0 Å². The lowest BCUT2D eigenvalue weighted by atomic mass is 9.99. The molecule has 0 unspecified atom stereocenters. The standard InChI is InChI=1S/C24H25NO8S2.C14H17NO6.C10H13NO4.C7H6BrNO2.C5H12.2CO2/c1-18-3-11-23(12-4-18)34(28,29)32-16-21(15-20-7-9-22(10-8-20)25(26)27)17-33-35(30,31)24-13-5-19(2)6-14-24;1-3-20-13(16)12(14(17)21-4-2)9-10-5-7-11(8-6-10)15(18)19;12-6-9(7-13)5-8-1-3-10(4-2-8)11(14)15;8-5-6-1-3-7(4-2-6)9(10)11;1-3-5-4-2;2*2-1-3/h3-14,21H,15-17H2,1-2H3;5-8,12H,3-4,9H2,1-2H3;1-4,9,12-13H,5-7H2;1-4H,5H2;3-5H2,1-2H3;;. The Bertz CT molecular complexity index is 3400. The Morgan fingerprint density at radius 2 is 0.731 bits per heavy atom. The number of alkyl halides is 1. The smallest absolute Gasteiger partial charge is 0.373 e. The van der Waals surface area contributed by atoms with E-state index in [0.29, 0.717) is 17.5 Å². The fourth-order valence-corrected chi connectivity index (χ4v) is 9.57. The van der Waals surface area contributed by atoms with Crippen LogP contribution in [0.3, 0.4) is 0 Å². The quantitative estimate of drug-likeness (QED) is 0.0121. The van der Waals surface area contributed by atoms with Crippen molar-refractivity contribution in [2.45, 2.75) is 95.2 Å². The molecule has 0 aliphatic heterocycles. The summed E-state index contributed by atoms with van der Waals surface area (Å²) in [5, 5.41) is 60.5. The Morgan fingerprint density at radius 1 is 0.462 bits per heavy atom. The molecule has 0 heterocycles. The van der Waals surface area contributed by atoms with Gasteiger partial charge in [0.25, 0.3) is 43.0 Å². The maximum atomic E-state index is 12.6. The van der Waals surface area contributed by atoms with E-state index in [1.165, 1.54) is 116 Å². The highest BCUT2D eigenvalue weighted by Gasteiger charge is 2.30. The van der Waals surface area contributed by atoms with Gasteiger partial charge >= 0.3 is 24.2 Å². The van der Waals surface area contributed by atoms with Crippen LogP contribution in [0.5, 0.6) is 0 Å². The predicted molar refractivity (Wildman–Crippen MR) is 338 cm³/mol. The molecule has 0 aliphatic carbocycles. The van der Waals surface area contributed by atoms with Gasteiger partial charge in [-0.05, 0) is 93.5 Å². The Morgan fingerprint density at radius 3 is 0.968 bits per heavy atom. The molecule has 6 rings (SSSR count). The van der Waals surface area contributed by atoms with Crippen molar-refractivity contribution < 1.29 is 93.3 Å². The SMILES string of the molecule is CCCCC.CCOC(=O)C(Cc1ccc([N+](=O)[O-])cc1)C(=O)OCC.Cc1ccc(S(=O)(=O)OCC(COS(=O)(=O)c2ccc(C)cc2)Cc2ccc([N+](=O)[O-])cc2)cc1.O=C=O.O=C=O.O=[N+]([O-])c1ccc(CBr)cc1.O=[N+]([O-])c1ccc(CC(CO)CO)cc1. The lowest BCUT2D eigenvalue weighted by Crippen LogP contribution is -2.30. The van der Waals surface area contributed by atoms with Crippen molar-refractivity contribution in [3.05, 3.63) is 219 Å². The zero-order valence-electron chi connectivity index (χ0n) is 51.6. The number of esters is 2. The van der Waals surface area contributed by atoms with Crippen LogP contribution in [0.1, 0.15) is 80.3 Å². The largest absolute Gasteiger partial charge is 0.465 e. The third-order valence-electron chi connectivity index (χ3n) is 12.1. The highest BCUT2D eigenvalue weighted by Crippen LogP contribution is 2.23. The Hall–Kier alpha value is -9.16. The highest BCUT2D eigenvalue weighted by molar-refractivity contribution is 9.08. The number of nitrogens with zero attached hydrogens (tertiary/aromatic N) is 4. The van der Waals surface area contributed by atoms with E-state index in [2.05, 4.69) is 29.8 Å². The van der Waals surface area contributed by atoms with Crippen LogP contribution in [0.25, 0.3) is 0 Å². The summed E-state index contributed by atoms with van der Waals surface area (Å²) in [6.07, 6.45) is 5.35. The molecule has 0 bridgehead atoms. The summed E-state index contributed by atoms with van der Waals surface area (Å²) in [4.78, 5) is 96.2. The van der Waals surface area contributed by atoms with Gasteiger partial charge in [0.15, 0.2) is 5.92 Å². The molecule has 0 amide bonds. The molecule has 6 aromatic rings. The highest BCUT2D eigenvalue weighted by atomic mass is 79.9. The van der Waals surface area contributed by atoms with Gasteiger partial charge in [0.2, 0.25) is 0 Å². The molecule has 0 saturated heterocycles. The third kappa shape index (κ3) is 34.7. The number of rotatable bonds is 27. The van der Waals surface area contributed by atoms with E-state index in [4.69, 9.17) is 47.2 Å². The lowest BCUT2D eigenvalue weighted by Gasteiger charge is -2.17. The van der Waals surface area contributed by atoms with E-state index in [1.54, 1.807) is 62.4 Å². The number of halogens is 1. The molecule has 93 heavy (non-hydrogen) atoms. The van der Waals surface area contributed by atoms with E-state index >= 15 is 0 Å². The molecular weight excluding hydrogens is 1330 g/mol. The zero-order valence-corrected chi connectivity index (χ0v) is 54.9. The number of carbonyl (C=O) groups is 2. The van der Waals surface area contributed by atoms with Crippen LogP contribution in [-0.2, 0) is 91.4 Å². The first-order valence-corrected chi connectivity index (χ1v) is 32.0. The van der Waals surface area contributed by atoms with Crippen molar-refractivity contribution in [1.82, 2.24) is 0 Å². The first-order chi connectivity index (χ1) is 44.1. The van der Waals surface area contributed by atoms with E-state index < -0.39 is 63.7 Å². The van der Waals surface area contributed by atoms with Crippen LogP contribution in [0.15, 0.2) is 155 Å². The van der Waals surface area contributed by atoms with Gasteiger partial charge in [0.05, 0.1) is 55.9 Å². The first kappa shape index (κ1) is 83.8. The molecule has 0 atom stereocenters. The maximum absolute atomic E-state index is 12.6. The number of carbonyl (C=O) groups excluding carboxylic acids is 6. The van der Waals surface area contributed by atoms with Crippen LogP contribution in [0.2, 0.25) is 0 Å². The van der Waals surface area contributed by atoms with Gasteiger partial charge in [0.1, 0.15) is 0 Å². The van der Waals surface area contributed by atoms with Crippen molar-refractivity contribution in [2.24, 2.45) is 17.8 Å². The summed E-state index contributed by atoms with van der Waals surface area (Å²) < 4.78 is 70.6. The zero-order chi connectivity index (χ0) is 70.5. The molecule has 0 aliphatic rings. The number of hydrogen-bond donors (Lipinski definition) is 2. The third-order valence-corrected chi connectivity index (χ3v) is 15.4. The number of ether oxygens (including phenoxy) is 2. The van der Waals surface area contributed by atoms with Gasteiger partial charge in [-0.2, -0.15) is 36.0 Å². The molecule has 28 nitrogen and oxygen atoms in total. The molecule has 504 valence electrons. The molecule has 0 radical (unpaired) electrons.